The van der Waals surface area contributed by atoms with E-state index in [1.54, 1.807) is 11.3 Å². The van der Waals surface area contributed by atoms with Crippen molar-refractivity contribution in [2.45, 2.75) is 6.42 Å². The Morgan fingerprint density at radius 3 is 3.07 bits per heavy atom. The Labute approximate surface area is 92.1 Å². The van der Waals surface area contributed by atoms with Gasteiger partial charge in [-0.1, -0.05) is 36.4 Å². The highest BCUT2D eigenvalue weighted by molar-refractivity contribution is 7.15. The van der Waals surface area contributed by atoms with Gasteiger partial charge in [-0.2, -0.15) is 0 Å². The van der Waals surface area contributed by atoms with Gasteiger partial charge in [0.15, 0.2) is 5.13 Å². The molecule has 0 atom stereocenters. The van der Waals surface area contributed by atoms with Crippen LogP contribution in [-0.4, -0.2) is 4.98 Å². The number of nitrogens with two attached hydrogens (primary N) is 1. The number of aromatic nitrogens is 1. The Morgan fingerprint density at radius 1 is 1.27 bits per heavy atom. The third-order valence-corrected chi connectivity index (χ3v) is 3.44. The lowest BCUT2D eigenvalue weighted by Crippen LogP contribution is -1.86. The Morgan fingerprint density at radius 2 is 2.13 bits per heavy atom. The van der Waals surface area contributed by atoms with Crippen molar-refractivity contribution < 1.29 is 0 Å². The van der Waals surface area contributed by atoms with Crippen LogP contribution < -0.4 is 5.73 Å². The molecule has 0 radical (unpaired) electrons. The molecule has 1 heterocycles. The minimum absolute atomic E-state index is 0.658. The second kappa shape index (κ2) is 3.21. The first-order chi connectivity index (χ1) is 7.34. The standard InChI is InChI=1S/C12H10N2S/c13-12-14-11-9-6-2-1-4-8(9)5-3-7-10(11)15-12/h1-6H,7H2,(H2,13,14). The van der Waals surface area contributed by atoms with Crippen LogP contribution in [0.25, 0.3) is 17.3 Å². The van der Waals surface area contributed by atoms with Crippen LogP contribution in [-0.2, 0) is 6.42 Å². The third kappa shape index (κ3) is 1.36. The van der Waals surface area contributed by atoms with Crippen molar-refractivity contribution in [3.05, 3.63) is 40.8 Å². The first-order valence-electron chi connectivity index (χ1n) is 4.86. The second-order valence-electron chi connectivity index (χ2n) is 3.52. The van der Waals surface area contributed by atoms with Gasteiger partial charge >= 0.3 is 0 Å². The van der Waals surface area contributed by atoms with E-state index in [0.717, 1.165) is 12.1 Å². The highest BCUT2D eigenvalue weighted by atomic mass is 32.1. The van der Waals surface area contributed by atoms with Gasteiger partial charge in [-0.05, 0) is 5.56 Å². The molecule has 2 aromatic rings. The highest BCUT2D eigenvalue weighted by Crippen LogP contribution is 2.34. The molecule has 3 heteroatoms. The van der Waals surface area contributed by atoms with E-state index in [1.807, 2.05) is 12.1 Å². The maximum absolute atomic E-state index is 5.75. The van der Waals surface area contributed by atoms with Gasteiger partial charge in [0, 0.05) is 16.9 Å². The van der Waals surface area contributed by atoms with E-state index < -0.39 is 0 Å². The van der Waals surface area contributed by atoms with Gasteiger partial charge in [-0.15, -0.1) is 11.3 Å². The molecular weight excluding hydrogens is 204 g/mol. The zero-order valence-electron chi connectivity index (χ0n) is 8.10. The molecule has 0 aliphatic heterocycles. The number of nitrogen functional groups attached to an aromatic ring is 1. The van der Waals surface area contributed by atoms with Crippen molar-refractivity contribution in [1.82, 2.24) is 4.98 Å². The second-order valence-corrected chi connectivity index (χ2v) is 4.63. The number of hydrogen-bond acceptors (Lipinski definition) is 3. The topological polar surface area (TPSA) is 38.9 Å². The molecule has 0 saturated carbocycles. The molecule has 1 aromatic carbocycles. The van der Waals surface area contributed by atoms with Crippen LogP contribution in [0.1, 0.15) is 10.4 Å². The smallest absolute Gasteiger partial charge is 0.180 e. The Hall–Kier alpha value is -1.61. The summed E-state index contributed by atoms with van der Waals surface area (Å²) in [6.45, 7) is 0. The summed E-state index contributed by atoms with van der Waals surface area (Å²) in [6, 6.07) is 8.29. The SMILES string of the molecule is Nc1nc2c(s1)CC=Cc1ccccc1-2. The largest absolute Gasteiger partial charge is 0.375 e. The lowest BCUT2D eigenvalue weighted by atomic mass is 10.1. The quantitative estimate of drug-likeness (QED) is 0.732. The van der Waals surface area contributed by atoms with Gasteiger partial charge < -0.3 is 5.73 Å². The molecule has 2 nitrogen and oxygen atoms in total. The number of rotatable bonds is 0. The van der Waals surface area contributed by atoms with Crippen LogP contribution in [0.5, 0.6) is 0 Å². The predicted molar refractivity (Wildman–Crippen MR) is 64.7 cm³/mol. The lowest BCUT2D eigenvalue weighted by molar-refractivity contribution is 1.31. The maximum Gasteiger partial charge on any atom is 0.180 e. The fourth-order valence-corrected chi connectivity index (χ4v) is 2.69. The maximum atomic E-state index is 5.75. The Balaban J connectivity index is 2.32. The van der Waals surface area contributed by atoms with Crippen LogP contribution in [0.2, 0.25) is 0 Å². The summed E-state index contributed by atoms with van der Waals surface area (Å²) in [4.78, 5) is 5.67. The lowest BCUT2D eigenvalue weighted by Gasteiger charge is -2.01. The van der Waals surface area contributed by atoms with Crippen molar-refractivity contribution in [1.29, 1.82) is 0 Å². The average Bonchev–Trinajstić information content (AvgIpc) is 2.52. The van der Waals surface area contributed by atoms with Gasteiger partial charge in [0.05, 0.1) is 5.69 Å². The summed E-state index contributed by atoms with van der Waals surface area (Å²) in [5.74, 6) is 0. The van der Waals surface area contributed by atoms with Gasteiger partial charge in [0.2, 0.25) is 0 Å². The molecule has 1 aliphatic carbocycles. The fourth-order valence-electron chi connectivity index (χ4n) is 1.87. The highest BCUT2D eigenvalue weighted by Gasteiger charge is 2.14. The summed E-state index contributed by atoms with van der Waals surface area (Å²) < 4.78 is 0. The number of thiazole rings is 1. The van der Waals surface area contributed by atoms with Crippen LogP contribution in [0.4, 0.5) is 5.13 Å². The fraction of sp³-hybridized carbons (Fsp3) is 0.0833. The summed E-state index contributed by atoms with van der Waals surface area (Å²) >= 11 is 1.58. The van der Waals surface area contributed by atoms with Crippen molar-refractivity contribution in [3.8, 4) is 11.3 Å². The number of hydrogen-bond donors (Lipinski definition) is 1. The minimum atomic E-state index is 0.658. The molecule has 0 fully saturated rings. The van der Waals surface area contributed by atoms with E-state index in [1.165, 1.54) is 16.0 Å². The Kier molecular flexibility index (Phi) is 1.86. The number of nitrogens with zero attached hydrogens (tertiary/aromatic N) is 1. The minimum Gasteiger partial charge on any atom is -0.375 e. The van der Waals surface area contributed by atoms with Crippen LogP contribution in [0, 0.1) is 0 Å². The molecule has 15 heavy (non-hydrogen) atoms. The van der Waals surface area contributed by atoms with Crippen molar-refractivity contribution in [2.24, 2.45) is 0 Å². The molecule has 0 unspecified atom stereocenters. The van der Waals surface area contributed by atoms with E-state index in [-0.39, 0.29) is 0 Å². The summed E-state index contributed by atoms with van der Waals surface area (Å²) in [6.07, 6.45) is 5.25. The summed E-state index contributed by atoms with van der Waals surface area (Å²) in [5, 5.41) is 0.658. The van der Waals surface area contributed by atoms with Crippen molar-refractivity contribution in [3.63, 3.8) is 0 Å². The molecule has 0 spiro atoms. The molecule has 0 amide bonds. The van der Waals surface area contributed by atoms with Crippen molar-refractivity contribution >= 4 is 22.5 Å². The first kappa shape index (κ1) is 8.68. The van der Waals surface area contributed by atoms with Crippen LogP contribution >= 0.6 is 11.3 Å². The molecule has 3 rings (SSSR count). The van der Waals surface area contributed by atoms with Gasteiger partial charge in [-0.3, -0.25) is 0 Å². The van der Waals surface area contributed by atoms with Gasteiger partial charge in [-0.25, -0.2) is 4.98 Å². The van der Waals surface area contributed by atoms with Crippen molar-refractivity contribution in [2.75, 3.05) is 5.73 Å². The molecule has 0 bridgehead atoms. The molecule has 0 saturated heterocycles. The predicted octanol–water partition coefficient (Wildman–Crippen LogP) is 2.96. The third-order valence-electron chi connectivity index (χ3n) is 2.53. The molecular formula is C12H10N2S. The van der Waals surface area contributed by atoms with Gasteiger partial charge in [0.1, 0.15) is 0 Å². The zero-order chi connectivity index (χ0) is 10.3. The van der Waals surface area contributed by atoms with Gasteiger partial charge in [0.25, 0.3) is 0 Å². The van der Waals surface area contributed by atoms with E-state index >= 15 is 0 Å². The normalized spacial score (nSPS) is 13.1. The number of benzene rings is 1. The first-order valence-corrected chi connectivity index (χ1v) is 5.67. The molecule has 2 N–H and O–H groups in total. The Bertz CT molecular complexity index is 540. The van der Waals surface area contributed by atoms with E-state index in [4.69, 9.17) is 5.73 Å². The number of anilines is 1. The number of allylic oxidation sites excluding steroid dienone is 1. The zero-order valence-corrected chi connectivity index (χ0v) is 8.92. The van der Waals surface area contributed by atoms with Crippen LogP contribution in [0.15, 0.2) is 30.3 Å². The van der Waals surface area contributed by atoms with E-state index in [9.17, 15) is 0 Å². The summed E-state index contributed by atoms with van der Waals surface area (Å²) in [7, 11) is 0. The molecule has 1 aliphatic rings. The average molecular weight is 214 g/mol. The summed E-state index contributed by atoms with van der Waals surface area (Å²) in [5.41, 5.74) is 9.22. The van der Waals surface area contributed by atoms with E-state index in [2.05, 4.69) is 29.3 Å². The number of fused-ring (bicyclic) bond motifs is 3. The monoisotopic (exact) mass is 214 g/mol. The van der Waals surface area contributed by atoms with E-state index in [0.29, 0.717) is 5.13 Å². The molecule has 74 valence electrons. The molecule has 1 aromatic heterocycles. The van der Waals surface area contributed by atoms with Crippen LogP contribution in [0.3, 0.4) is 0 Å².